The lowest BCUT2D eigenvalue weighted by Gasteiger charge is -2.24. The van der Waals surface area contributed by atoms with Crippen LogP contribution in [0.3, 0.4) is 0 Å². The lowest BCUT2D eigenvalue weighted by atomic mass is 9.94. The fraction of sp³-hybridized carbons (Fsp3) is 0.833. The first-order valence-electron chi connectivity index (χ1n) is 6.02. The average Bonchev–Trinajstić information content (AvgIpc) is 2.99. The Bertz CT molecular complexity index is 280. The monoisotopic (exact) mass is 227 g/mol. The molecule has 0 bridgehead atoms. The second-order valence-corrected chi connectivity index (χ2v) is 4.73. The quantitative estimate of drug-likeness (QED) is 0.680. The zero-order valence-corrected chi connectivity index (χ0v) is 10.2. The molecule has 1 atom stereocenters. The van der Waals surface area contributed by atoms with Gasteiger partial charge in [-0.1, -0.05) is 26.7 Å². The number of nitrogens with one attached hydrogen (secondary N) is 1. The van der Waals surface area contributed by atoms with Gasteiger partial charge in [-0.2, -0.15) is 0 Å². The van der Waals surface area contributed by atoms with Gasteiger partial charge < -0.3 is 10.4 Å². The molecular formula is C12H21NO3. The first-order chi connectivity index (χ1) is 7.47. The summed E-state index contributed by atoms with van der Waals surface area (Å²) in [6.07, 6.45) is 2.95. The largest absolute Gasteiger partial charge is 0.480 e. The van der Waals surface area contributed by atoms with Gasteiger partial charge in [0.05, 0.1) is 0 Å². The summed E-state index contributed by atoms with van der Waals surface area (Å²) >= 11 is 0. The number of hydrogen-bond donors (Lipinski definition) is 2. The highest BCUT2D eigenvalue weighted by Crippen LogP contribution is 2.46. The van der Waals surface area contributed by atoms with Gasteiger partial charge in [-0.3, -0.25) is 9.59 Å². The minimum atomic E-state index is -1.11. The molecule has 1 aliphatic rings. The van der Waals surface area contributed by atoms with Crippen molar-refractivity contribution in [3.05, 3.63) is 0 Å². The molecule has 2 N–H and O–H groups in total. The molecule has 1 saturated carbocycles. The summed E-state index contributed by atoms with van der Waals surface area (Å²) in [5, 5.41) is 11.8. The zero-order valence-electron chi connectivity index (χ0n) is 10.2. The molecule has 1 unspecified atom stereocenters. The molecule has 1 rings (SSSR count). The molecular weight excluding hydrogens is 206 g/mol. The minimum absolute atomic E-state index is 0.0549. The Kier molecular flexibility index (Phi) is 3.94. The predicted octanol–water partition coefficient (Wildman–Crippen LogP) is 1.79. The van der Waals surface area contributed by atoms with Gasteiger partial charge >= 0.3 is 5.97 Å². The molecule has 16 heavy (non-hydrogen) atoms. The van der Waals surface area contributed by atoms with Crippen molar-refractivity contribution >= 4 is 11.9 Å². The average molecular weight is 227 g/mol. The first kappa shape index (κ1) is 13.0. The highest BCUT2D eigenvalue weighted by atomic mass is 16.4. The van der Waals surface area contributed by atoms with Gasteiger partial charge in [-0.25, -0.2) is 0 Å². The van der Waals surface area contributed by atoms with Gasteiger partial charge in [-0.05, 0) is 25.7 Å². The van der Waals surface area contributed by atoms with Crippen LogP contribution in [-0.4, -0.2) is 23.0 Å². The Labute approximate surface area is 96.4 Å². The maximum Gasteiger partial charge on any atom is 0.319 e. The van der Waals surface area contributed by atoms with Crippen LogP contribution in [0.1, 0.15) is 46.5 Å². The normalized spacial score (nSPS) is 19.2. The van der Waals surface area contributed by atoms with Gasteiger partial charge in [0, 0.05) is 6.04 Å². The molecule has 0 radical (unpaired) electrons. The topological polar surface area (TPSA) is 66.4 Å². The van der Waals surface area contributed by atoms with Crippen molar-refractivity contribution in [2.75, 3.05) is 0 Å². The Morgan fingerprint density at radius 2 is 1.81 bits per heavy atom. The SMILES string of the molecule is CCC(CC)C(C)NC(=O)C1(C(=O)O)CC1. The summed E-state index contributed by atoms with van der Waals surface area (Å²) in [6.45, 7) is 6.12. The van der Waals surface area contributed by atoms with E-state index in [-0.39, 0.29) is 11.9 Å². The second-order valence-electron chi connectivity index (χ2n) is 4.73. The van der Waals surface area contributed by atoms with Crippen LogP contribution in [-0.2, 0) is 9.59 Å². The number of aliphatic carboxylic acids is 1. The third kappa shape index (κ3) is 2.36. The van der Waals surface area contributed by atoms with Gasteiger partial charge in [-0.15, -0.1) is 0 Å². The van der Waals surface area contributed by atoms with Crippen molar-refractivity contribution in [3.8, 4) is 0 Å². The number of carboxylic acid groups (broad SMARTS) is 1. The molecule has 92 valence electrons. The van der Waals surface area contributed by atoms with Gasteiger partial charge in [0.15, 0.2) is 0 Å². The minimum Gasteiger partial charge on any atom is -0.480 e. The molecule has 1 aliphatic carbocycles. The molecule has 0 aliphatic heterocycles. The van der Waals surface area contributed by atoms with Crippen molar-refractivity contribution < 1.29 is 14.7 Å². The van der Waals surface area contributed by atoms with Crippen molar-refractivity contribution in [3.63, 3.8) is 0 Å². The number of hydrogen-bond acceptors (Lipinski definition) is 2. The number of carbonyl (C=O) groups excluding carboxylic acids is 1. The third-order valence-electron chi connectivity index (χ3n) is 3.71. The molecule has 0 heterocycles. The van der Waals surface area contributed by atoms with Crippen LogP contribution >= 0.6 is 0 Å². The summed E-state index contributed by atoms with van der Waals surface area (Å²) in [5.74, 6) is -0.866. The molecule has 4 nitrogen and oxygen atoms in total. The Morgan fingerprint density at radius 1 is 1.31 bits per heavy atom. The fourth-order valence-electron chi connectivity index (χ4n) is 2.12. The number of carboxylic acids is 1. The highest BCUT2D eigenvalue weighted by molar-refractivity contribution is 6.04. The van der Waals surface area contributed by atoms with Crippen LogP contribution in [0.5, 0.6) is 0 Å². The standard InChI is InChI=1S/C12H21NO3/c1-4-9(5-2)8(3)13-10(14)12(6-7-12)11(15)16/h8-9H,4-7H2,1-3H3,(H,13,14)(H,15,16). The van der Waals surface area contributed by atoms with E-state index in [1.165, 1.54) is 0 Å². The predicted molar refractivity (Wildman–Crippen MR) is 61.0 cm³/mol. The van der Waals surface area contributed by atoms with E-state index in [0.717, 1.165) is 12.8 Å². The molecule has 0 aromatic carbocycles. The summed E-state index contributed by atoms with van der Waals surface area (Å²) in [7, 11) is 0. The van der Waals surface area contributed by atoms with Crippen molar-refractivity contribution in [2.24, 2.45) is 11.3 Å². The lowest BCUT2D eigenvalue weighted by molar-refractivity contribution is -0.149. The van der Waals surface area contributed by atoms with E-state index in [1.807, 2.05) is 6.92 Å². The van der Waals surface area contributed by atoms with Crippen LogP contribution < -0.4 is 5.32 Å². The summed E-state index contributed by atoms with van der Waals surface area (Å²) in [6, 6.07) is 0.0549. The van der Waals surface area contributed by atoms with Gasteiger partial charge in [0.2, 0.25) is 5.91 Å². The maximum absolute atomic E-state index is 11.8. The summed E-state index contributed by atoms with van der Waals surface area (Å²) in [4.78, 5) is 22.8. The van der Waals surface area contributed by atoms with Crippen LogP contribution in [0, 0.1) is 11.3 Å². The van der Waals surface area contributed by atoms with E-state index in [9.17, 15) is 9.59 Å². The smallest absolute Gasteiger partial charge is 0.319 e. The molecule has 1 fully saturated rings. The van der Waals surface area contributed by atoms with E-state index >= 15 is 0 Å². The molecule has 4 heteroatoms. The molecule has 1 amide bonds. The fourth-order valence-corrected chi connectivity index (χ4v) is 2.12. The van der Waals surface area contributed by atoms with Crippen molar-refractivity contribution in [2.45, 2.75) is 52.5 Å². The highest BCUT2D eigenvalue weighted by Gasteiger charge is 2.57. The van der Waals surface area contributed by atoms with Crippen molar-refractivity contribution in [1.29, 1.82) is 0 Å². The molecule has 0 aromatic rings. The van der Waals surface area contributed by atoms with E-state index in [1.54, 1.807) is 0 Å². The number of amides is 1. The molecule has 0 aromatic heterocycles. The lowest BCUT2D eigenvalue weighted by Crippen LogP contribution is -2.44. The zero-order chi connectivity index (χ0) is 12.3. The summed E-state index contributed by atoms with van der Waals surface area (Å²) in [5.41, 5.74) is -1.11. The second kappa shape index (κ2) is 4.85. The Balaban J connectivity index is 2.55. The third-order valence-corrected chi connectivity index (χ3v) is 3.71. The van der Waals surface area contributed by atoms with E-state index in [0.29, 0.717) is 18.8 Å². The molecule has 0 spiro atoms. The first-order valence-corrected chi connectivity index (χ1v) is 6.02. The van der Waals surface area contributed by atoms with Crippen LogP contribution in [0.15, 0.2) is 0 Å². The van der Waals surface area contributed by atoms with Crippen LogP contribution in [0.2, 0.25) is 0 Å². The maximum atomic E-state index is 11.8. The summed E-state index contributed by atoms with van der Waals surface area (Å²) < 4.78 is 0. The van der Waals surface area contributed by atoms with Gasteiger partial charge in [0.1, 0.15) is 5.41 Å². The van der Waals surface area contributed by atoms with E-state index in [4.69, 9.17) is 5.11 Å². The Morgan fingerprint density at radius 3 is 2.12 bits per heavy atom. The van der Waals surface area contributed by atoms with E-state index in [2.05, 4.69) is 19.2 Å². The number of rotatable bonds is 6. The Hall–Kier alpha value is -1.06. The van der Waals surface area contributed by atoms with Crippen LogP contribution in [0.4, 0.5) is 0 Å². The number of carbonyl (C=O) groups is 2. The van der Waals surface area contributed by atoms with Crippen LogP contribution in [0.25, 0.3) is 0 Å². The molecule has 0 saturated heterocycles. The van der Waals surface area contributed by atoms with E-state index < -0.39 is 11.4 Å². The van der Waals surface area contributed by atoms with Gasteiger partial charge in [0.25, 0.3) is 0 Å². The van der Waals surface area contributed by atoms with Crippen molar-refractivity contribution in [1.82, 2.24) is 5.32 Å².